The first-order valence-corrected chi connectivity index (χ1v) is 8.90. The van der Waals surface area contributed by atoms with E-state index in [0.717, 1.165) is 17.0 Å². The van der Waals surface area contributed by atoms with E-state index in [2.05, 4.69) is 10.3 Å². The molecule has 0 unspecified atom stereocenters. The molecule has 0 fully saturated rings. The van der Waals surface area contributed by atoms with E-state index in [-0.39, 0.29) is 18.0 Å². The van der Waals surface area contributed by atoms with Crippen molar-refractivity contribution in [1.82, 2.24) is 10.3 Å². The Balaban J connectivity index is 1.41. The summed E-state index contributed by atoms with van der Waals surface area (Å²) in [7, 11) is 0. The Kier molecular flexibility index (Phi) is 4.68. The van der Waals surface area contributed by atoms with Crippen LogP contribution in [0.25, 0.3) is 21.9 Å². The first-order valence-electron chi connectivity index (χ1n) is 8.52. The smallest absolute Gasteiger partial charge is 0.415 e. The molecule has 4 aromatic rings. The molecule has 0 aliphatic carbocycles. The van der Waals surface area contributed by atoms with Crippen LogP contribution in [0.1, 0.15) is 11.3 Å². The number of fused-ring (bicyclic) bond motifs is 2. The number of rotatable bonds is 4. The number of aromatic amines is 1. The molecule has 1 amide bonds. The van der Waals surface area contributed by atoms with Crippen LogP contribution in [0.15, 0.2) is 40.8 Å². The normalized spacial score (nSPS) is 11.3. The number of hydrogen-bond donors (Lipinski definition) is 2. The molecule has 2 aromatic carbocycles. The van der Waals surface area contributed by atoms with Crippen LogP contribution in [0.3, 0.4) is 0 Å². The highest BCUT2D eigenvalue weighted by Gasteiger charge is 2.15. The fourth-order valence-electron chi connectivity index (χ4n) is 3.17. The van der Waals surface area contributed by atoms with Crippen LogP contribution in [0, 0.1) is 18.6 Å². The number of halogens is 3. The van der Waals surface area contributed by atoms with Crippen molar-refractivity contribution in [3.05, 3.63) is 64.3 Å². The molecule has 0 saturated carbocycles. The zero-order valence-corrected chi connectivity index (χ0v) is 15.5. The molecule has 144 valence electrons. The molecule has 0 aliphatic heterocycles. The molecule has 0 spiro atoms. The predicted octanol–water partition coefficient (Wildman–Crippen LogP) is 5.49. The number of carbonyl (C=O) groups is 1. The monoisotopic (exact) mass is 404 g/mol. The predicted molar refractivity (Wildman–Crippen MR) is 102 cm³/mol. The Labute approximate surface area is 163 Å². The molecular weight excluding hydrogens is 390 g/mol. The van der Waals surface area contributed by atoms with Gasteiger partial charge in [-0.15, -0.1) is 0 Å². The van der Waals surface area contributed by atoms with E-state index in [1.807, 2.05) is 0 Å². The maximum atomic E-state index is 13.9. The third kappa shape index (κ3) is 3.41. The Bertz CT molecular complexity index is 1200. The van der Waals surface area contributed by atoms with Gasteiger partial charge in [-0.3, -0.25) is 0 Å². The first-order chi connectivity index (χ1) is 13.4. The lowest BCUT2D eigenvalue weighted by Gasteiger charge is -2.05. The average Bonchev–Trinajstić information content (AvgIpc) is 3.18. The van der Waals surface area contributed by atoms with Gasteiger partial charge in [0.25, 0.3) is 5.95 Å². The van der Waals surface area contributed by atoms with E-state index >= 15 is 0 Å². The van der Waals surface area contributed by atoms with Gasteiger partial charge in [-0.05, 0) is 49.2 Å². The Morgan fingerprint density at radius 2 is 2.07 bits per heavy atom. The van der Waals surface area contributed by atoms with E-state index in [0.29, 0.717) is 28.1 Å². The van der Waals surface area contributed by atoms with Crippen LogP contribution in [-0.2, 0) is 6.42 Å². The minimum Gasteiger partial charge on any atom is -0.425 e. The van der Waals surface area contributed by atoms with Crippen molar-refractivity contribution in [2.24, 2.45) is 0 Å². The Hall–Kier alpha value is -3.06. The number of nitrogens with one attached hydrogen (secondary N) is 2. The number of furan rings is 1. The summed E-state index contributed by atoms with van der Waals surface area (Å²) in [5.74, 6) is -1.77. The molecule has 4 rings (SSSR count). The molecule has 5 nitrogen and oxygen atoms in total. The van der Waals surface area contributed by atoms with Gasteiger partial charge in [-0.25, -0.2) is 13.6 Å². The molecule has 2 N–H and O–H groups in total. The summed E-state index contributed by atoms with van der Waals surface area (Å²) in [5.41, 5.74) is 2.18. The fraction of sp³-hybridized carbons (Fsp3) is 0.150. The van der Waals surface area contributed by atoms with E-state index in [9.17, 15) is 13.6 Å². The summed E-state index contributed by atoms with van der Waals surface area (Å²) < 4.78 is 37.8. The summed E-state index contributed by atoms with van der Waals surface area (Å²) in [5, 5.41) is 4.47. The highest BCUT2D eigenvalue weighted by Crippen LogP contribution is 2.28. The van der Waals surface area contributed by atoms with E-state index in [1.165, 1.54) is 6.07 Å². The van der Waals surface area contributed by atoms with Crippen LogP contribution < -0.4 is 10.1 Å². The molecule has 2 aromatic heterocycles. The van der Waals surface area contributed by atoms with Gasteiger partial charge in [-0.2, -0.15) is 0 Å². The molecule has 0 atom stereocenters. The second-order valence-corrected chi connectivity index (χ2v) is 6.76. The van der Waals surface area contributed by atoms with Crippen molar-refractivity contribution in [3.63, 3.8) is 0 Å². The molecule has 2 heterocycles. The molecule has 0 bridgehead atoms. The maximum Gasteiger partial charge on any atom is 0.415 e. The van der Waals surface area contributed by atoms with Crippen molar-refractivity contribution in [1.29, 1.82) is 0 Å². The summed E-state index contributed by atoms with van der Waals surface area (Å²) in [6.07, 6.45) is -0.262. The highest BCUT2D eigenvalue weighted by molar-refractivity contribution is 6.31. The van der Waals surface area contributed by atoms with Gasteiger partial charge in [0.1, 0.15) is 5.58 Å². The highest BCUT2D eigenvalue weighted by atomic mass is 35.5. The third-order valence-electron chi connectivity index (χ3n) is 4.48. The number of H-pyrrole nitrogens is 1. The third-order valence-corrected chi connectivity index (χ3v) is 4.71. The zero-order chi connectivity index (χ0) is 19.8. The average molecular weight is 405 g/mol. The van der Waals surface area contributed by atoms with Gasteiger partial charge in [0.05, 0.1) is 5.52 Å². The lowest BCUT2D eigenvalue weighted by atomic mass is 10.1. The summed E-state index contributed by atoms with van der Waals surface area (Å²) in [6, 6.07) is 9.24. The van der Waals surface area contributed by atoms with Crippen molar-refractivity contribution < 1.29 is 22.7 Å². The van der Waals surface area contributed by atoms with Gasteiger partial charge < -0.3 is 19.5 Å². The van der Waals surface area contributed by atoms with Crippen molar-refractivity contribution in [3.8, 4) is 5.95 Å². The second-order valence-electron chi connectivity index (χ2n) is 6.33. The van der Waals surface area contributed by atoms with Gasteiger partial charge >= 0.3 is 6.09 Å². The largest absolute Gasteiger partial charge is 0.425 e. The van der Waals surface area contributed by atoms with Crippen molar-refractivity contribution in [2.45, 2.75) is 13.3 Å². The van der Waals surface area contributed by atoms with Crippen molar-refractivity contribution in [2.75, 3.05) is 6.54 Å². The van der Waals surface area contributed by atoms with Crippen LogP contribution in [0.5, 0.6) is 5.95 Å². The van der Waals surface area contributed by atoms with Crippen LogP contribution in [0.2, 0.25) is 5.02 Å². The first kappa shape index (κ1) is 18.3. The van der Waals surface area contributed by atoms with Gasteiger partial charge in [0, 0.05) is 34.1 Å². The number of ether oxygens (including phenoxy) is 1. The quantitative estimate of drug-likeness (QED) is 0.473. The van der Waals surface area contributed by atoms with Crippen LogP contribution in [0.4, 0.5) is 13.6 Å². The minimum absolute atomic E-state index is 0.0515. The SMILES string of the molecule is Cc1[nH]c2c(F)c(F)ccc2c1CCNC(=O)Oc1cc2cc(Cl)ccc2o1. The van der Waals surface area contributed by atoms with E-state index < -0.39 is 17.7 Å². The second kappa shape index (κ2) is 7.16. The summed E-state index contributed by atoms with van der Waals surface area (Å²) in [6.45, 7) is 2.02. The molecule has 8 heteroatoms. The number of hydrogen-bond acceptors (Lipinski definition) is 3. The topological polar surface area (TPSA) is 67.3 Å². The fourth-order valence-corrected chi connectivity index (χ4v) is 3.35. The number of aromatic nitrogens is 1. The Morgan fingerprint density at radius 1 is 1.25 bits per heavy atom. The van der Waals surface area contributed by atoms with Gasteiger partial charge in [0.15, 0.2) is 11.6 Å². The van der Waals surface area contributed by atoms with Gasteiger partial charge in [-0.1, -0.05) is 11.6 Å². The minimum atomic E-state index is -0.913. The van der Waals surface area contributed by atoms with Crippen molar-refractivity contribution >= 4 is 39.6 Å². The molecule has 28 heavy (non-hydrogen) atoms. The molecule has 0 aliphatic rings. The zero-order valence-electron chi connectivity index (χ0n) is 14.7. The number of amides is 1. The number of aryl methyl sites for hydroxylation is 1. The molecule has 0 radical (unpaired) electrons. The standard InChI is InChI=1S/C20H15ClF2N2O3/c1-10-13(14-3-4-15(22)18(23)19(14)25-10)6-7-24-20(26)28-17-9-11-8-12(21)2-5-16(11)27-17/h2-5,8-9,25H,6-7H2,1H3,(H,24,26). The van der Waals surface area contributed by atoms with Crippen LogP contribution in [-0.4, -0.2) is 17.6 Å². The summed E-state index contributed by atoms with van der Waals surface area (Å²) >= 11 is 5.92. The lowest BCUT2D eigenvalue weighted by molar-refractivity contribution is 0.189. The Morgan fingerprint density at radius 3 is 2.89 bits per heavy atom. The molecule has 0 saturated heterocycles. The lowest BCUT2D eigenvalue weighted by Crippen LogP contribution is -2.28. The maximum absolute atomic E-state index is 13.9. The van der Waals surface area contributed by atoms with Crippen LogP contribution >= 0.6 is 11.6 Å². The van der Waals surface area contributed by atoms with Gasteiger partial charge in [0.2, 0.25) is 0 Å². The van der Waals surface area contributed by atoms with E-state index in [4.69, 9.17) is 20.8 Å². The number of carbonyl (C=O) groups excluding carboxylic acids is 1. The number of benzene rings is 2. The molecular formula is C20H15ClF2N2O3. The summed E-state index contributed by atoms with van der Waals surface area (Å²) in [4.78, 5) is 14.8. The van der Waals surface area contributed by atoms with E-state index in [1.54, 1.807) is 31.2 Å².